The first-order valence-corrected chi connectivity index (χ1v) is 6.64. The number of hydrogen-bond acceptors (Lipinski definition) is 4. The van der Waals surface area contributed by atoms with Gasteiger partial charge in [-0.15, -0.1) is 16.4 Å². The van der Waals surface area contributed by atoms with E-state index in [2.05, 4.69) is 10.3 Å². The molecule has 7 heteroatoms. The van der Waals surface area contributed by atoms with Crippen LogP contribution in [0.15, 0.2) is 30.3 Å². The van der Waals surface area contributed by atoms with Crippen LogP contribution in [0, 0.1) is 0 Å². The van der Waals surface area contributed by atoms with Gasteiger partial charge in [0, 0.05) is 4.88 Å². The summed E-state index contributed by atoms with van der Waals surface area (Å²) < 4.78 is 2.38. The first-order valence-electron chi connectivity index (χ1n) is 5.45. The summed E-state index contributed by atoms with van der Waals surface area (Å²) in [4.78, 5) is 12.1. The molecule has 0 fully saturated rings. The normalized spacial score (nSPS) is 11.0. The van der Waals surface area contributed by atoms with Gasteiger partial charge in [-0.05, 0) is 24.3 Å². The molecule has 0 atom stereocenters. The quantitative estimate of drug-likeness (QED) is 0.806. The fourth-order valence-corrected chi connectivity index (χ4v) is 2.94. The lowest BCUT2D eigenvalue weighted by atomic mass is 10.2. The Labute approximate surface area is 117 Å². The van der Waals surface area contributed by atoms with Crippen LogP contribution < -0.4 is 0 Å². The molecule has 3 aromatic rings. The van der Waals surface area contributed by atoms with Crippen LogP contribution in [0.5, 0.6) is 0 Å². The van der Waals surface area contributed by atoms with Crippen molar-refractivity contribution in [2.24, 2.45) is 0 Å². The molecule has 0 unspecified atom stereocenters. The SMILES string of the molecule is O=C(O)c1cccc2c1nnn2Cc1ccc(Cl)s1. The smallest absolute Gasteiger partial charge is 0.338 e. The maximum atomic E-state index is 11.1. The number of halogens is 1. The van der Waals surface area contributed by atoms with E-state index in [-0.39, 0.29) is 5.56 Å². The van der Waals surface area contributed by atoms with Gasteiger partial charge in [0.25, 0.3) is 0 Å². The summed E-state index contributed by atoms with van der Waals surface area (Å²) in [6, 6.07) is 8.75. The molecule has 0 amide bonds. The maximum absolute atomic E-state index is 11.1. The maximum Gasteiger partial charge on any atom is 0.338 e. The third kappa shape index (κ3) is 2.20. The van der Waals surface area contributed by atoms with E-state index in [0.717, 1.165) is 4.88 Å². The molecule has 1 N–H and O–H groups in total. The van der Waals surface area contributed by atoms with Crippen molar-refractivity contribution in [3.8, 4) is 0 Å². The average Bonchev–Trinajstić information content (AvgIpc) is 2.97. The number of thiophene rings is 1. The fourth-order valence-electron chi connectivity index (χ4n) is 1.87. The minimum Gasteiger partial charge on any atom is -0.478 e. The minimum atomic E-state index is -1.00. The van der Waals surface area contributed by atoms with Crippen molar-refractivity contribution in [3.05, 3.63) is 45.1 Å². The van der Waals surface area contributed by atoms with Crippen LogP contribution in [-0.2, 0) is 6.54 Å². The Hall–Kier alpha value is -1.92. The molecular weight excluding hydrogens is 286 g/mol. The van der Waals surface area contributed by atoms with E-state index >= 15 is 0 Å². The third-order valence-corrected chi connectivity index (χ3v) is 3.93. The molecule has 0 saturated carbocycles. The van der Waals surface area contributed by atoms with Crippen LogP contribution in [0.2, 0.25) is 4.34 Å². The lowest BCUT2D eigenvalue weighted by Crippen LogP contribution is -2.00. The summed E-state index contributed by atoms with van der Waals surface area (Å²) in [7, 11) is 0. The summed E-state index contributed by atoms with van der Waals surface area (Å²) in [6.45, 7) is 0.525. The Kier molecular flexibility index (Phi) is 2.96. The predicted octanol–water partition coefficient (Wildman–Crippen LogP) is 2.89. The van der Waals surface area contributed by atoms with Crippen molar-refractivity contribution in [3.63, 3.8) is 0 Å². The molecule has 0 saturated heterocycles. The molecule has 5 nitrogen and oxygen atoms in total. The van der Waals surface area contributed by atoms with Gasteiger partial charge in [0.15, 0.2) is 0 Å². The minimum absolute atomic E-state index is 0.160. The van der Waals surface area contributed by atoms with Crippen molar-refractivity contribution < 1.29 is 9.90 Å². The Morgan fingerprint density at radius 1 is 1.37 bits per heavy atom. The fraction of sp³-hybridized carbons (Fsp3) is 0.0833. The Morgan fingerprint density at radius 2 is 2.21 bits per heavy atom. The van der Waals surface area contributed by atoms with Crippen molar-refractivity contribution in [2.75, 3.05) is 0 Å². The third-order valence-electron chi connectivity index (χ3n) is 2.71. The lowest BCUT2D eigenvalue weighted by molar-refractivity contribution is 0.0699. The van der Waals surface area contributed by atoms with E-state index in [1.54, 1.807) is 16.8 Å². The van der Waals surface area contributed by atoms with E-state index in [4.69, 9.17) is 16.7 Å². The largest absolute Gasteiger partial charge is 0.478 e. The molecule has 96 valence electrons. The molecule has 0 aliphatic carbocycles. The zero-order chi connectivity index (χ0) is 13.4. The molecular formula is C12H8ClN3O2S. The molecule has 2 aromatic heterocycles. The van der Waals surface area contributed by atoms with Crippen LogP contribution in [0.25, 0.3) is 11.0 Å². The molecule has 0 spiro atoms. The van der Waals surface area contributed by atoms with Crippen molar-refractivity contribution >= 4 is 39.9 Å². The molecule has 19 heavy (non-hydrogen) atoms. The topological polar surface area (TPSA) is 68.0 Å². The second-order valence-corrected chi connectivity index (χ2v) is 5.73. The van der Waals surface area contributed by atoms with Crippen molar-refractivity contribution in [2.45, 2.75) is 6.54 Å². The predicted molar refractivity (Wildman–Crippen MR) is 72.9 cm³/mol. The number of hydrogen-bond donors (Lipinski definition) is 1. The molecule has 0 aliphatic rings. The number of aromatic carboxylic acids is 1. The zero-order valence-corrected chi connectivity index (χ0v) is 11.1. The van der Waals surface area contributed by atoms with E-state index in [9.17, 15) is 4.79 Å². The second-order valence-electron chi connectivity index (χ2n) is 3.93. The van der Waals surface area contributed by atoms with Gasteiger partial charge < -0.3 is 5.11 Å². The monoisotopic (exact) mass is 293 g/mol. The summed E-state index contributed by atoms with van der Waals surface area (Å²) in [5.74, 6) is -1.00. The van der Waals surface area contributed by atoms with E-state index in [0.29, 0.717) is 21.9 Å². The van der Waals surface area contributed by atoms with Gasteiger partial charge in [0.05, 0.1) is 22.0 Å². The van der Waals surface area contributed by atoms with Gasteiger partial charge in [0.2, 0.25) is 0 Å². The number of carboxylic acids is 1. The standard InChI is InChI=1S/C12H8ClN3O2S/c13-10-5-4-7(19-10)6-16-9-3-1-2-8(12(17)18)11(9)14-15-16/h1-5H,6H2,(H,17,18). The van der Waals surface area contributed by atoms with E-state index in [1.807, 2.05) is 12.1 Å². The van der Waals surface area contributed by atoms with E-state index in [1.165, 1.54) is 17.4 Å². The van der Waals surface area contributed by atoms with Gasteiger partial charge in [-0.2, -0.15) is 0 Å². The first-order chi connectivity index (χ1) is 9.15. The van der Waals surface area contributed by atoms with Gasteiger partial charge in [0.1, 0.15) is 5.52 Å². The van der Waals surface area contributed by atoms with Gasteiger partial charge in [-0.1, -0.05) is 22.9 Å². The number of nitrogens with zero attached hydrogens (tertiary/aromatic N) is 3. The highest BCUT2D eigenvalue weighted by Gasteiger charge is 2.14. The molecule has 0 bridgehead atoms. The summed E-state index contributed by atoms with van der Waals surface area (Å²) in [5.41, 5.74) is 1.26. The number of benzene rings is 1. The van der Waals surface area contributed by atoms with Gasteiger partial charge in [-0.3, -0.25) is 0 Å². The van der Waals surface area contributed by atoms with E-state index < -0.39 is 5.97 Å². The second kappa shape index (κ2) is 4.64. The highest BCUT2D eigenvalue weighted by atomic mass is 35.5. The number of aromatic nitrogens is 3. The number of rotatable bonds is 3. The van der Waals surface area contributed by atoms with Crippen LogP contribution in [0.3, 0.4) is 0 Å². The summed E-state index contributed by atoms with van der Waals surface area (Å²) >= 11 is 7.35. The highest BCUT2D eigenvalue weighted by molar-refractivity contribution is 7.16. The number of fused-ring (bicyclic) bond motifs is 1. The van der Waals surface area contributed by atoms with Crippen molar-refractivity contribution in [1.82, 2.24) is 15.0 Å². The summed E-state index contributed by atoms with van der Waals surface area (Å²) in [5, 5.41) is 17.0. The van der Waals surface area contributed by atoms with Crippen molar-refractivity contribution in [1.29, 1.82) is 0 Å². The number of carboxylic acid groups (broad SMARTS) is 1. The summed E-state index contributed by atoms with van der Waals surface area (Å²) in [6.07, 6.45) is 0. The molecule has 0 radical (unpaired) electrons. The molecule has 2 heterocycles. The Bertz CT molecular complexity index is 765. The molecule has 0 aliphatic heterocycles. The lowest BCUT2D eigenvalue weighted by Gasteiger charge is -2.00. The Morgan fingerprint density at radius 3 is 2.89 bits per heavy atom. The average molecular weight is 294 g/mol. The number of carbonyl (C=O) groups is 1. The van der Waals surface area contributed by atoms with Crippen LogP contribution in [0.1, 0.15) is 15.2 Å². The van der Waals surface area contributed by atoms with Crippen LogP contribution >= 0.6 is 22.9 Å². The Balaban J connectivity index is 2.06. The first kappa shape index (κ1) is 12.1. The van der Waals surface area contributed by atoms with Gasteiger partial charge >= 0.3 is 5.97 Å². The molecule has 1 aromatic carbocycles. The van der Waals surface area contributed by atoms with Crippen LogP contribution in [-0.4, -0.2) is 26.1 Å². The van der Waals surface area contributed by atoms with Gasteiger partial charge in [-0.25, -0.2) is 9.48 Å². The van der Waals surface area contributed by atoms with Crippen LogP contribution in [0.4, 0.5) is 0 Å². The highest BCUT2D eigenvalue weighted by Crippen LogP contribution is 2.23. The zero-order valence-electron chi connectivity index (χ0n) is 9.58. The molecule has 3 rings (SSSR count).